The van der Waals surface area contributed by atoms with Gasteiger partial charge >= 0.3 is 0 Å². The van der Waals surface area contributed by atoms with Crippen LogP contribution >= 0.6 is 0 Å². The van der Waals surface area contributed by atoms with Gasteiger partial charge in [-0.15, -0.1) is 0 Å². The van der Waals surface area contributed by atoms with Gasteiger partial charge < -0.3 is 15.1 Å². The lowest BCUT2D eigenvalue weighted by molar-refractivity contribution is 0.160. The molecule has 1 saturated heterocycles. The van der Waals surface area contributed by atoms with Gasteiger partial charge in [0.05, 0.1) is 6.61 Å². The fourth-order valence-corrected chi connectivity index (χ4v) is 3.32. The summed E-state index contributed by atoms with van der Waals surface area (Å²) in [5, 5.41) is 18.6. The molecule has 0 aliphatic carbocycles. The Bertz CT molecular complexity index is 528. The first kappa shape index (κ1) is 18.3. The molecule has 2 atom stereocenters. The summed E-state index contributed by atoms with van der Waals surface area (Å²) in [6, 6.07) is 2.75. The van der Waals surface area contributed by atoms with Crippen molar-refractivity contribution in [1.82, 2.24) is 9.80 Å². The Morgan fingerprint density at radius 2 is 1.91 bits per heavy atom. The van der Waals surface area contributed by atoms with Crippen LogP contribution in [-0.2, 0) is 6.54 Å². The van der Waals surface area contributed by atoms with Crippen LogP contribution < -0.4 is 0 Å². The van der Waals surface area contributed by atoms with Crippen molar-refractivity contribution in [1.29, 1.82) is 0 Å². The summed E-state index contributed by atoms with van der Waals surface area (Å²) in [7, 11) is 1.92. The maximum Gasteiger partial charge on any atom is 0.133 e. The maximum absolute atomic E-state index is 14.2. The molecule has 130 valence electrons. The molecule has 0 aromatic heterocycles. The van der Waals surface area contributed by atoms with Crippen molar-refractivity contribution in [2.75, 3.05) is 46.4 Å². The third-order valence-electron chi connectivity index (χ3n) is 4.68. The Morgan fingerprint density at radius 1 is 1.22 bits per heavy atom. The Labute approximate surface area is 136 Å². The van der Waals surface area contributed by atoms with Crippen LogP contribution in [0.2, 0.25) is 0 Å². The van der Waals surface area contributed by atoms with Gasteiger partial charge in [-0.05, 0) is 37.4 Å². The number of hydrogen-bond donors (Lipinski definition) is 2. The Hall–Kier alpha value is -1.08. The second-order valence-electron chi connectivity index (χ2n) is 6.54. The van der Waals surface area contributed by atoms with Gasteiger partial charge in [-0.3, -0.25) is 4.90 Å². The summed E-state index contributed by atoms with van der Waals surface area (Å²) >= 11 is 0. The van der Waals surface area contributed by atoms with E-state index in [1.54, 1.807) is 6.92 Å². The molecule has 2 N–H and O–H groups in total. The summed E-state index contributed by atoms with van der Waals surface area (Å²) in [4.78, 5) is 4.02. The summed E-state index contributed by atoms with van der Waals surface area (Å²) < 4.78 is 28.1. The molecular formula is C17H26F2N2O2. The van der Waals surface area contributed by atoms with Gasteiger partial charge in [-0.2, -0.15) is 0 Å². The number of likely N-dealkylation sites (tertiary alicyclic amines) is 1. The molecule has 0 saturated carbocycles. The van der Waals surface area contributed by atoms with Gasteiger partial charge in [0.1, 0.15) is 11.6 Å². The van der Waals surface area contributed by atoms with E-state index in [9.17, 15) is 13.9 Å². The first-order valence-electron chi connectivity index (χ1n) is 8.02. The molecule has 1 fully saturated rings. The van der Waals surface area contributed by atoms with Crippen LogP contribution in [-0.4, -0.2) is 66.5 Å². The van der Waals surface area contributed by atoms with Crippen LogP contribution in [0.4, 0.5) is 8.78 Å². The predicted molar refractivity (Wildman–Crippen MR) is 85.0 cm³/mol. The van der Waals surface area contributed by atoms with Crippen molar-refractivity contribution in [2.45, 2.75) is 13.5 Å². The van der Waals surface area contributed by atoms with Crippen molar-refractivity contribution in [3.8, 4) is 0 Å². The lowest BCUT2D eigenvalue weighted by atomic mass is 9.96. The average molecular weight is 328 g/mol. The predicted octanol–water partition coefficient (Wildman–Crippen LogP) is 1.24. The number of hydrogen-bond acceptors (Lipinski definition) is 4. The van der Waals surface area contributed by atoms with E-state index in [1.807, 2.05) is 16.8 Å². The second-order valence-corrected chi connectivity index (χ2v) is 6.54. The molecule has 6 heteroatoms. The van der Waals surface area contributed by atoms with Gasteiger partial charge in [0.25, 0.3) is 0 Å². The highest BCUT2D eigenvalue weighted by Gasteiger charge is 2.33. The first-order valence-corrected chi connectivity index (χ1v) is 8.02. The highest BCUT2D eigenvalue weighted by atomic mass is 19.1. The standard InChI is InChI=1S/C17H26F2N2O2/c1-12-3-4-16(18)15(17(12)19)10-21-8-13(14(9-21)11-23)7-20(2)5-6-22/h3-4,13-14,22-23H,5-11H2,1-2H3/t13-,14-/m1/s1. The third kappa shape index (κ3) is 4.47. The zero-order chi connectivity index (χ0) is 17.0. The number of benzene rings is 1. The minimum Gasteiger partial charge on any atom is -0.396 e. The average Bonchev–Trinajstić information content (AvgIpc) is 2.89. The molecule has 1 aliphatic heterocycles. The van der Waals surface area contributed by atoms with E-state index in [0.717, 1.165) is 6.54 Å². The molecule has 23 heavy (non-hydrogen) atoms. The summed E-state index contributed by atoms with van der Waals surface area (Å²) in [5.41, 5.74) is 0.546. The Kier molecular flexibility index (Phi) is 6.47. The molecule has 1 aliphatic rings. The van der Waals surface area contributed by atoms with Crippen molar-refractivity contribution in [3.63, 3.8) is 0 Å². The third-order valence-corrected chi connectivity index (χ3v) is 4.68. The van der Waals surface area contributed by atoms with E-state index in [1.165, 1.54) is 12.1 Å². The molecule has 0 amide bonds. The molecule has 0 bridgehead atoms. The lowest BCUT2D eigenvalue weighted by Crippen LogP contribution is -2.33. The van der Waals surface area contributed by atoms with E-state index in [-0.39, 0.29) is 37.2 Å². The fourth-order valence-electron chi connectivity index (χ4n) is 3.32. The number of rotatable bonds is 7. The van der Waals surface area contributed by atoms with E-state index in [0.29, 0.717) is 25.2 Å². The van der Waals surface area contributed by atoms with E-state index in [2.05, 4.69) is 0 Å². The normalized spacial score (nSPS) is 22.2. The van der Waals surface area contributed by atoms with Crippen LogP contribution in [0.15, 0.2) is 12.1 Å². The summed E-state index contributed by atoms with van der Waals surface area (Å²) in [5.74, 6) is -0.680. The van der Waals surface area contributed by atoms with Crippen molar-refractivity contribution >= 4 is 0 Å². The first-order chi connectivity index (χ1) is 11.0. The minimum absolute atomic E-state index is 0.0624. The fraction of sp³-hybridized carbons (Fsp3) is 0.647. The second kappa shape index (κ2) is 8.15. The molecular weight excluding hydrogens is 302 g/mol. The Morgan fingerprint density at radius 3 is 2.57 bits per heavy atom. The number of nitrogens with zero attached hydrogens (tertiary/aromatic N) is 2. The van der Waals surface area contributed by atoms with Crippen LogP contribution in [0.3, 0.4) is 0 Å². The van der Waals surface area contributed by atoms with Gasteiger partial charge in [0.2, 0.25) is 0 Å². The van der Waals surface area contributed by atoms with E-state index >= 15 is 0 Å². The van der Waals surface area contributed by atoms with Gasteiger partial charge in [-0.1, -0.05) is 6.07 Å². The minimum atomic E-state index is -0.519. The zero-order valence-corrected chi connectivity index (χ0v) is 13.8. The topological polar surface area (TPSA) is 46.9 Å². The molecule has 0 spiro atoms. The summed E-state index contributed by atoms with van der Waals surface area (Å²) in [6.07, 6.45) is 0. The van der Waals surface area contributed by atoms with E-state index < -0.39 is 11.6 Å². The van der Waals surface area contributed by atoms with Gasteiger partial charge in [0, 0.05) is 44.9 Å². The maximum atomic E-state index is 14.2. The van der Waals surface area contributed by atoms with Gasteiger partial charge in [-0.25, -0.2) is 8.78 Å². The van der Waals surface area contributed by atoms with Crippen LogP contribution in [0.1, 0.15) is 11.1 Å². The molecule has 0 unspecified atom stereocenters. The van der Waals surface area contributed by atoms with Crippen molar-refractivity contribution in [3.05, 3.63) is 34.9 Å². The number of aliphatic hydroxyl groups excluding tert-OH is 2. The van der Waals surface area contributed by atoms with Crippen molar-refractivity contribution in [2.24, 2.45) is 11.8 Å². The quantitative estimate of drug-likeness (QED) is 0.791. The number of aliphatic hydroxyl groups is 2. The molecule has 1 aromatic carbocycles. The Balaban J connectivity index is 2.04. The highest BCUT2D eigenvalue weighted by molar-refractivity contribution is 5.26. The molecule has 4 nitrogen and oxygen atoms in total. The number of likely N-dealkylation sites (N-methyl/N-ethyl adjacent to an activating group) is 1. The smallest absolute Gasteiger partial charge is 0.133 e. The van der Waals surface area contributed by atoms with Crippen LogP contribution in [0, 0.1) is 30.4 Å². The lowest BCUT2D eigenvalue weighted by Gasteiger charge is -2.23. The monoisotopic (exact) mass is 328 g/mol. The largest absolute Gasteiger partial charge is 0.396 e. The number of halogens is 2. The number of aryl methyl sites for hydroxylation is 1. The van der Waals surface area contributed by atoms with Crippen LogP contribution in [0.25, 0.3) is 0 Å². The summed E-state index contributed by atoms with van der Waals surface area (Å²) in [6.45, 7) is 4.65. The molecule has 1 aromatic rings. The zero-order valence-electron chi connectivity index (χ0n) is 13.8. The highest BCUT2D eigenvalue weighted by Crippen LogP contribution is 2.27. The van der Waals surface area contributed by atoms with Gasteiger partial charge in [0.15, 0.2) is 0 Å². The van der Waals surface area contributed by atoms with E-state index in [4.69, 9.17) is 5.11 Å². The molecule has 2 rings (SSSR count). The van der Waals surface area contributed by atoms with Crippen LogP contribution in [0.5, 0.6) is 0 Å². The molecule has 0 radical (unpaired) electrons. The molecule has 1 heterocycles. The van der Waals surface area contributed by atoms with Crippen molar-refractivity contribution < 1.29 is 19.0 Å². The SMILES string of the molecule is Cc1ccc(F)c(CN2C[C@@H](CN(C)CCO)[C@@H](CO)C2)c1F.